The summed E-state index contributed by atoms with van der Waals surface area (Å²) in [5, 5.41) is 3.54. The molecule has 0 aromatic heterocycles. The molecular weight excluding hydrogens is 310 g/mol. The van der Waals surface area contributed by atoms with E-state index in [9.17, 15) is 4.79 Å². The van der Waals surface area contributed by atoms with Gasteiger partial charge in [-0.15, -0.1) is 0 Å². The number of carbonyl (C=O) groups is 1. The molecule has 0 saturated heterocycles. The number of carbonyl (C=O) groups excluding carboxylic acids is 1. The van der Waals surface area contributed by atoms with Crippen molar-refractivity contribution in [3.63, 3.8) is 0 Å². The summed E-state index contributed by atoms with van der Waals surface area (Å²) in [6.45, 7) is 7.08. The predicted molar refractivity (Wildman–Crippen MR) is 94.3 cm³/mol. The molecule has 1 N–H and O–H groups in total. The zero-order valence-corrected chi connectivity index (χ0v) is 14.5. The van der Waals surface area contributed by atoms with Crippen LogP contribution in [-0.4, -0.2) is 19.1 Å². The summed E-state index contributed by atoms with van der Waals surface area (Å²) in [7, 11) is 0. The van der Waals surface area contributed by atoms with Crippen molar-refractivity contribution in [2.45, 2.75) is 27.2 Å². The molecule has 2 aromatic rings. The van der Waals surface area contributed by atoms with Crippen LogP contribution in [0.3, 0.4) is 0 Å². The van der Waals surface area contributed by atoms with Crippen molar-refractivity contribution in [1.82, 2.24) is 5.32 Å². The topological polar surface area (TPSA) is 38.3 Å². The fraction of sp³-hybridized carbons (Fsp3) is 0.316. The smallest absolute Gasteiger partial charge is 0.224 e. The first-order chi connectivity index (χ1) is 11.0. The molecule has 0 bridgehead atoms. The van der Waals surface area contributed by atoms with E-state index in [0.717, 1.165) is 22.4 Å². The van der Waals surface area contributed by atoms with E-state index in [0.29, 0.717) is 24.6 Å². The fourth-order valence-corrected chi connectivity index (χ4v) is 2.71. The van der Waals surface area contributed by atoms with Crippen LogP contribution in [0.5, 0.6) is 5.75 Å². The Morgan fingerprint density at radius 3 is 2.30 bits per heavy atom. The summed E-state index contributed by atoms with van der Waals surface area (Å²) in [6, 6.07) is 11.5. The monoisotopic (exact) mass is 331 g/mol. The molecule has 0 aliphatic carbocycles. The van der Waals surface area contributed by atoms with Crippen LogP contribution in [0.15, 0.2) is 36.4 Å². The SMILES string of the molecule is Cc1cc(C)c(OCCNC(=O)Cc2ccc(Cl)cc2)c(C)c1. The third-order valence-electron chi connectivity index (χ3n) is 3.55. The second-order valence-electron chi connectivity index (χ2n) is 5.73. The highest BCUT2D eigenvalue weighted by Crippen LogP contribution is 2.24. The molecule has 0 unspecified atom stereocenters. The first kappa shape index (κ1) is 17.4. The standard InChI is InChI=1S/C19H22ClNO2/c1-13-10-14(2)19(15(3)11-13)23-9-8-21-18(22)12-16-4-6-17(20)7-5-16/h4-7,10-11H,8-9,12H2,1-3H3,(H,21,22). The van der Waals surface area contributed by atoms with Crippen LogP contribution in [0.1, 0.15) is 22.3 Å². The minimum Gasteiger partial charge on any atom is -0.491 e. The van der Waals surface area contributed by atoms with E-state index in [-0.39, 0.29) is 5.91 Å². The van der Waals surface area contributed by atoms with Crippen molar-refractivity contribution in [3.05, 3.63) is 63.7 Å². The molecule has 0 fully saturated rings. The second kappa shape index (κ2) is 8.02. The van der Waals surface area contributed by atoms with Crippen molar-refractivity contribution in [2.24, 2.45) is 0 Å². The molecule has 0 atom stereocenters. The highest BCUT2D eigenvalue weighted by molar-refractivity contribution is 6.30. The molecule has 3 nitrogen and oxygen atoms in total. The zero-order chi connectivity index (χ0) is 16.8. The summed E-state index contributed by atoms with van der Waals surface area (Å²) < 4.78 is 5.81. The molecule has 4 heteroatoms. The number of aryl methyl sites for hydroxylation is 3. The van der Waals surface area contributed by atoms with Crippen LogP contribution in [0.2, 0.25) is 5.02 Å². The van der Waals surface area contributed by atoms with E-state index < -0.39 is 0 Å². The number of hydrogen-bond donors (Lipinski definition) is 1. The first-order valence-electron chi connectivity index (χ1n) is 7.67. The maximum Gasteiger partial charge on any atom is 0.224 e. The Bertz CT molecular complexity index is 657. The molecule has 1 amide bonds. The molecule has 0 aliphatic heterocycles. The molecule has 0 saturated carbocycles. The van der Waals surface area contributed by atoms with E-state index in [4.69, 9.17) is 16.3 Å². The minimum absolute atomic E-state index is 0.0201. The molecule has 2 rings (SSSR count). The summed E-state index contributed by atoms with van der Waals surface area (Å²) >= 11 is 5.83. The van der Waals surface area contributed by atoms with Crippen LogP contribution in [-0.2, 0) is 11.2 Å². The van der Waals surface area contributed by atoms with E-state index in [1.807, 2.05) is 26.0 Å². The van der Waals surface area contributed by atoms with Crippen molar-refractivity contribution in [1.29, 1.82) is 0 Å². The Kier molecular flexibility index (Phi) is 6.05. The minimum atomic E-state index is -0.0201. The molecule has 122 valence electrons. The number of hydrogen-bond acceptors (Lipinski definition) is 2. The van der Waals surface area contributed by atoms with Gasteiger partial charge in [-0.1, -0.05) is 41.4 Å². The van der Waals surface area contributed by atoms with E-state index in [1.165, 1.54) is 5.56 Å². The Morgan fingerprint density at radius 1 is 1.09 bits per heavy atom. The third kappa shape index (κ3) is 5.29. The second-order valence-corrected chi connectivity index (χ2v) is 6.17. The van der Waals surface area contributed by atoms with Crippen LogP contribution in [0.4, 0.5) is 0 Å². The zero-order valence-electron chi connectivity index (χ0n) is 13.8. The van der Waals surface area contributed by atoms with Gasteiger partial charge < -0.3 is 10.1 Å². The summed E-state index contributed by atoms with van der Waals surface area (Å²) in [6.07, 6.45) is 0.347. The van der Waals surface area contributed by atoms with Gasteiger partial charge in [0.25, 0.3) is 0 Å². The lowest BCUT2D eigenvalue weighted by Crippen LogP contribution is -2.29. The number of ether oxygens (including phenoxy) is 1. The molecule has 0 radical (unpaired) electrons. The number of halogens is 1. The average molecular weight is 332 g/mol. The van der Waals surface area contributed by atoms with Crippen molar-refractivity contribution in [2.75, 3.05) is 13.2 Å². The summed E-state index contributed by atoms with van der Waals surface area (Å²) in [4.78, 5) is 11.9. The van der Waals surface area contributed by atoms with Crippen LogP contribution in [0, 0.1) is 20.8 Å². The normalized spacial score (nSPS) is 10.4. The highest BCUT2D eigenvalue weighted by atomic mass is 35.5. The lowest BCUT2D eigenvalue weighted by Gasteiger charge is -2.13. The third-order valence-corrected chi connectivity index (χ3v) is 3.81. The van der Waals surface area contributed by atoms with Crippen LogP contribution in [0.25, 0.3) is 0 Å². The Labute approximate surface area is 142 Å². The average Bonchev–Trinajstić information content (AvgIpc) is 2.48. The largest absolute Gasteiger partial charge is 0.491 e. The summed E-state index contributed by atoms with van der Waals surface area (Å²) in [5.41, 5.74) is 4.41. The van der Waals surface area contributed by atoms with Gasteiger partial charge >= 0.3 is 0 Å². The molecule has 23 heavy (non-hydrogen) atoms. The number of rotatable bonds is 6. The van der Waals surface area contributed by atoms with Gasteiger partial charge in [0.1, 0.15) is 12.4 Å². The van der Waals surface area contributed by atoms with Gasteiger partial charge in [-0.2, -0.15) is 0 Å². The van der Waals surface area contributed by atoms with Gasteiger partial charge in [-0.25, -0.2) is 0 Å². The van der Waals surface area contributed by atoms with Crippen LogP contribution < -0.4 is 10.1 Å². The maximum atomic E-state index is 11.9. The van der Waals surface area contributed by atoms with E-state index in [1.54, 1.807) is 12.1 Å². The first-order valence-corrected chi connectivity index (χ1v) is 8.05. The van der Waals surface area contributed by atoms with Gasteiger partial charge in [0.2, 0.25) is 5.91 Å². The number of nitrogens with one attached hydrogen (secondary N) is 1. The maximum absolute atomic E-state index is 11.9. The Balaban J connectivity index is 1.77. The Hall–Kier alpha value is -2.00. The van der Waals surface area contributed by atoms with E-state index in [2.05, 4.69) is 24.4 Å². The number of benzene rings is 2. The fourth-order valence-electron chi connectivity index (χ4n) is 2.59. The van der Waals surface area contributed by atoms with Crippen molar-refractivity contribution >= 4 is 17.5 Å². The molecule has 0 spiro atoms. The lowest BCUT2D eigenvalue weighted by molar-refractivity contribution is -0.120. The van der Waals surface area contributed by atoms with Gasteiger partial charge in [0.15, 0.2) is 0 Å². The quantitative estimate of drug-likeness (QED) is 0.812. The Morgan fingerprint density at radius 2 is 1.70 bits per heavy atom. The van der Waals surface area contributed by atoms with Crippen molar-refractivity contribution in [3.8, 4) is 5.75 Å². The lowest BCUT2D eigenvalue weighted by atomic mass is 10.1. The molecule has 0 heterocycles. The van der Waals surface area contributed by atoms with Crippen LogP contribution >= 0.6 is 11.6 Å². The predicted octanol–water partition coefficient (Wildman–Crippen LogP) is 4.00. The number of amides is 1. The molecule has 0 aliphatic rings. The van der Waals surface area contributed by atoms with Crippen molar-refractivity contribution < 1.29 is 9.53 Å². The molecular formula is C19H22ClNO2. The van der Waals surface area contributed by atoms with Gasteiger partial charge in [-0.3, -0.25) is 4.79 Å². The highest BCUT2D eigenvalue weighted by Gasteiger charge is 2.06. The van der Waals surface area contributed by atoms with E-state index >= 15 is 0 Å². The summed E-state index contributed by atoms with van der Waals surface area (Å²) in [5.74, 6) is 0.885. The van der Waals surface area contributed by atoms with Gasteiger partial charge in [0.05, 0.1) is 13.0 Å². The van der Waals surface area contributed by atoms with Gasteiger partial charge in [-0.05, 0) is 49.6 Å². The molecule has 2 aromatic carbocycles. The van der Waals surface area contributed by atoms with Gasteiger partial charge in [0, 0.05) is 5.02 Å².